The van der Waals surface area contributed by atoms with E-state index in [-0.39, 0.29) is 0 Å². The van der Waals surface area contributed by atoms with Crippen LogP contribution in [0.1, 0.15) is 57.4 Å². The van der Waals surface area contributed by atoms with Gasteiger partial charge in [-0.2, -0.15) is 0 Å². The molecule has 2 fully saturated rings. The van der Waals surface area contributed by atoms with Crippen molar-refractivity contribution in [1.29, 1.82) is 0 Å². The lowest BCUT2D eigenvalue weighted by Crippen LogP contribution is -2.47. The minimum Gasteiger partial charge on any atom is -0.354 e. The Morgan fingerprint density at radius 1 is 1.16 bits per heavy atom. The monoisotopic (exact) mass is 361 g/mol. The highest BCUT2D eigenvalue weighted by Crippen LogP contribution is 2.40. The molecule has 0 bridgehead atoms. The van der Waals surface area contributed by atoms with E-state index in [2.05, 4.69) is 52.9 Å². The molecular weight excluding hydrogens is 330 g/mol. The first-order chi connectivity index (χ1) is 12.2. The lowest BCUT2D eigenvalue weighted by atomic mass is 9.95. The minimum atomic E-state index is -0.682. The molecule has 2 aliphatic carbocycles. The summed E-state index contributed by atoms with van der Waals surface area (Å²) < 4.78 is 12.1. The van der Waals surface area contributed by atoms with E-state index in [9.17, 15) is 4.21 Å². The predicted octanol–water partition coefficient (Wildman–Crippen LogP) is 3.18. The van der Waals surface area contributed by atoms with Crippen molar-refractivity contribution in [2.45, 2.75) is 69.2 Å². The molecule has 2 aliphatic rings. The second-order valence-electron chi connectivity index (χ2n) is 7.13. The molecular formula is C20H31N3OS. The zero-order valence-electron chi connectivity index (χ0n) is 15.4. The Kier molecular flexibility index (Phi) is 6.51. The van der Waals surface area contributed by atoms with Crippen LogP contribution in [-0.2, 0) is 10.8 Å². The number of guanidine groups is 1. The van der Waals surface area contributed by atoms with Gasteiger partial charge >= 0.3 is 0 Å². The Bertz CT molecular complexity index is 604. The van der Waals surface area contributed by atoms with Crippen LogP contribution < -0.4 is 10.6 Å². The van der Waals surface area contributed by atoms with Crippen LogP contribution >= 0.6 is 0 Å². The van der Waals surface area contributed by atoms with Gasteiger partial charge in [0.05, 0.1) is 0 Å². The molecule has 0 aliphatic heterocycles. The summed E-state index contributed by atoms with van der Waals surface area (Å²) in [4.78, 5) is 4.64. The molecule has 0 spiro atoms. The normalized spacial score (nSPS) is 30.6. The summed E-state index contributed by atoms with van der Waals surface area (Å²) in [5.74, 6) is 2.29. The van der Waals surface area contributed by atoms with E-state index in [0.29, 0.717) is 23.3 Å². The van der Waals surface area contributed by atoms with Gasteiger partial charge < -0.3 is 10.6 Å². The molecule has 5 unspecified atom stereocenters. The van der Waals surface area contributed by atoms with E-state index >= 15 is 0 Å². The van der Waals surface area contributed by atoms with Gasteiger partial charge in [-0.15, -0.1) is 0 Å². The van der Waals surface area contributed by atoms with Gasteiger partial charge in [0, 0.05) is 46.3 Å². The summed E-state index contributed by atoms with van der Waals surface area (Å²) in [7, 11) is -0.682. The maximum atomic E-state index is 12.1. The smallest absolute Gasteiger partial charge is 0.191 e. The largest absolute Gasteiger partial charge is 0.354 e. The van der Waals surface area contributed by atoms with Crippen LogP contribution in [-0.4, -0.2) is 39.8 Å². The second kappa shape index (κ2) is 8.84. The number of benzene rings is 1. The fourth-order valence-corrected chi connectivity index (χ4v) is 5.18. The molecule has 1 aromatic rings. The summed E-state index contributed by atoms with van der Waals surface area (Å²) in [5, 5.41) is 7.57. The van der Waals surface area contributed by atoms with Crippen molar-refractivity contribution in [2.24, 2.45) is 4.99 Å². The number of hydrogen-bond acceptors (Lipinski definition) is 2. The molecule has 0 radical (unpaired) electrons. The summed E-state index contributed by atoms with van der Waals surface area (Å²) in [6, 6.07) is 11.6. The highest BCUT2D eigenvalue weighted by atomic mass is 32.2. The number of hydrogen-bond donors (Lipinski definition) is 2. The number of aliphatic imine (C=N–C) groups is 1. The lowest BCUT2D eigenvalue weighted by molar-refractivity contribution is 0.413. The zero-order valence-corrected chi connectivity index (χ0v) is 16.2. The fourth-order valence-electron chi connectivity index (χ4n) is 3.83. The van der Waals surface area contributed by atoms with Crippen LogP contribution in [0.4, 0.5) is 0 Å². The molecule has 1 aromatic carbocycles. The van der Waals surface area contributed by atoms with E-state index in [0.717, 1.165) is 43.9 Å². The van der Waals surface area contributed by atoms with Gasteiger partial charge in [0.25, 0.3) is 0 Å². The first kappa shape index (κ1) is 18.4. The first-order valence-corrected chi connectivity index (χ1v) is 11.1. The predicted molar refractivity (Wildman–Crippen MR) is 107 cm³/mol. The molecule has 3 rings (SSSR count). The highest BCUT2D eigenvalue weighted by Gasteiger charge is 2.39. The Balaban J connectivity index is 1.54. The van der Waals surface area contributed by atoms with E-state index in [4.69, 9.17) is 0 Å². The second-order valence-corrected chi connectivity index (χ2v) is 9.13. The van der Waals surface area contributed by atoms with E-state index in [1.54, 1.807) is 0 Å². The molecule has 0 aromatic heterocycles. The summed E-state index contributed by atoms with van der Waals surface area (Å²) in [6.45, 7) is 4.87. The molecule has 4 nitrogen and oxygen atoms in total. The highest BCUT2D eigenvalue weighted by molar-refractivity contribution is 7.85. The van der Waals surface area contributed by atoms with Gasteiger partial charge in [0.15, 0.2) is 5.96 Å². The molecule has 2 N–H and O–H groups in total. The van der Waals surface area contributed by atoms with Crippen molar-refractivity contribution < 1.29 is 4.21 Å². The average Bonchev–Trinajstić information content (AvgIpc) is 3.41. The average molecular weight is 362 g/mol. The zero-order chi connectivity index (χ0) is 17.6. The van der Waals surface area contributed by atoms with Crippen molar-refractivity contribution in [3.05, 3.63) is 35.9 Å². The topological polar surface area (TPSA) is 53.5 Å². The Morgan fingerprint density at radius 3 is 2.68 bits per heavy atom. The van der Waals surface area contributed by atoms with Gasteiger partial charge in [0.2, 0.25) is 0 Å². The van der Waals surface area contributed by atoms with Crippen molar-refractivity contribution in [1.82, 2.24) is 10.6 Å². The van der Waals surface area contributed by atoms with E-state index in [1.165, 1.54) is 12.0 Å². The Labute approximate surface area is 154 Å². The minimum absolute atomic E-state index is 0.345. The van der Waals surface area contributed by atoms with Gasteiger partial charge in [0.1, 0.15) is 0 Å². The fraction of sp³-hybridized carbons (Fsp3) is 0.650. The van der Waals surface area contributed by atoms with Crippen LogP contribution in [0.2, 0.25) is 0 Å². The molecule has 0 heterocycles. The molecule has 138 valence electrons. The van der Waals surface area contributed by atoms with Crippen LogP contribution in [0.25, 0.3) is 0 Å². The maximum Gasteiger partial charge on any atom is 0.191 e. The van der Waals surface area contributed by atoms with Crippen LogP contribution in [0.5, 0.6) is 0 Å². The van der Waals surface area contributed by atoms with Crippen molar-refractivity contribution in [2.75, 3.05) is 12.3 Å². The number of nitrogens with zero attached hydrogens (tertiary/aromatic N) is 1. The van der Waals surface area contributed by atoms with Crippen LogP contribution in [0.15, 0.2) is 35.3 Å². The lowest BCUT2D eigenvalue weighted by Gasteiger charge is -2.30. The summed E-state index contributed by atoms with van der Waals surface area (Å²) in [5.41, 5.74) is 1.41. The molecule has 0 amide bonds. The van der Waals surface area contributed by atoms with Crippen LogP contribution in [0.3, 0.4) is 0 Å². The van der Waals surface area contributed by atoms with Crippen molar-refractivity contribution >= 4 is 16.8 Å². The van der Waals surface area contributed by atoms with Gasteiger partial charge in [-0.05, 0) is 38.2 Å². The maximum absolute atomic E-state index is 12.1. The third kappa shape index (κ3) is 5.06. The van der Waals surface area contributed by atoms with Gasteiger partial charge in [-0.25, -0.2) is 0 Å². The third-order valence-corrected chi connectivity index (χ3v) is 7.02. The quantitative estimate of drug-likeness (QED) is 0.604. The van der Waals surface area contributed by atoms with Crippen molar-refractivity contribution in [3.63, 3.8) is 0 Å². The Hall–Kier alpha value is -1.36. The molecule has 0 saturated heterocycles. The SMILES string of the molecule is CCN=C(NC1CCCC(S(=O)CC)C1)NC1CC1c1ccccc1. The summed E-state index contributed by atoms with van der Waals surface area (Å²) >= 11 is 0. The van der Waals surface area contributed by atoms with E-state index < -0.39 is 10.8 Å². The molecule has 5 atom stereocenters. The molecule has 25 heavy (non-hydrogen) atoms. The number of rotatable bonds is 6. The molecule has 2 saturated carbocycles. The molecule has 5 heteroatoms. The van der Waals surface area contributed by atoms with Gasteiger partial charge in [-0.3, -0.25) is 9.20 Å². The van der Waals surface area contributed by atoms with Crippen LogP contribution in [0, 0.1) is 0 Å². The summed E-state index contributed by atoms with van der Waals surface area (Å²) in [6.07, 6.45) is 5.57. The third-order valence-electron chi connectivity index (χ3n) is 5.28. The Morgan fingerprint density at radius 2 is 1.96 bits per heavy atom. The van der Waals surface area contributed by atoms with Gasteiger partial charge in [-0.1, -0.05) is 43.7 Å². The first-order valence-electron chi connectivity index (χ1n) is 9.70. The standard InChI is InChI=1S/C20H31N3OS/c1-3-21-20(22-16-11-8-12-17(13-16)25(24)4-2)23-19-14-18(19)15-9-6-5-7-10-15/h5-7,9-10,16-19H,3-4,8,11-14H2,1-2H3,(H2,21,22,23). The number of nitrogens with one attached hydrogen (secondary N) is 2. The van der Waals surface area contributed by atoms with Crippen molar-refractivity contribution in [3.8, 4) is 0 Å². The van der Waals surface area contributed by atoms with E-state index in [1.807, 2.05) is 6.92 Å².